The van der Waals surface area contributed by atoms with E-state index in [0.717, 1.165) is 6.42 Å². The van der Waals surface area contributed by atoms with Gasteiger partial charge in [0, 0.05) is 6.54 Å². The molecule has 0 aromatic carbocycles. The molecule has 1 aliphatic rings. The van der Waals surface area contributed by atoms with Crippen molar-refractivity contribution >= 4 is 5.91 Å². The number of carbonyl (C=O) groups excluding carboxylic acids is 1. The Labute approximate surface area is 89.9 Å². The molecule has 0 aliphatic heterocycles. The van der Waals surface area contributed by atoms with Crippen molar-refractivity contribution in [3.63, 3.8) is 0 Å². The summed E-state index contributed by atoms with van der Waals surface area (Å²) in [6, 6.07) is 0. The average Bonchev–Trinajstić information content (AvgIpc) is 2.64. The highest BCUT2D eigenvalue weighted by Gasteiger charge is 2.18. The van der Waals surface area contributed by atoms with Gasteiger partial charge in [-0.15, -0.1) is 0 Å². The highest BCUT2D eigenvalue weighted by Crippen LogP contribution is 2.28. The number of primary amides is 1. The number of amides is 1. The SMILES string of the molecule is NC(=O)CONCC(O)CC1CCCC1. The molecule has 4 N–H and O–H groups in total. The summed E-state index contributed by atoms with van der Waals surface area (Å²) in [5.74, 6) is 0.130. The predicted molar refractivity (Wildman–Crippen MR) is 55.7 cm³/mol. The third-order valence-corrected chi connectivity index (χ3v) is 2.72. The Kier molecular flexibility index (Phi) is 5.60. The summed E-state index contributed by atoms with van der Waals surface area (Å²) in [7, 11) is 0. The van der Waals surface area contributed by atoms with Gasteiger partial charge in [0.2, 0.25) is 5.91 Å². The van der Waals surface area contributed by atoms with Gasteiger partial charge in [-0.1, -0.05) is 25.7 Å². The summed E-state index contributed by atoms with van der Waals surface area (Å²) in [5, 5.41) is 9.62. The zero-order chi connectivity index (χ0) is 11.1. The fourth-order valence-electron chi connectivity index (χ4n) is 1.99. The molecular formula is C10H20N2O3. The first-order valence-electron chi connectivity index (χ1n) is 5.49. The topological polar surface area (TPSA) is 84.6 Å². The zero-order valence-electron chi connectivity index (χ0n) is 8.95. The van der Waals surface area contributed by atoms with Gasteiger partial charge in [-0.05, 0) is 12.3 Å². The molecule has 0 spiro atoms. The van der Waals surface area contributed by atoms with Crippen LogP contribution in [-0.4, -0.2) is 30.3 Å². The molecule has 0 aromatic rings. The van der Waals surface area contributed by atoms with Crippen molar-refractivity contribution in [2.75, 3.05) is 13.2 Å². The van der Waals surface area contributed by atoms with E-state index >= 15 is 0 Å². The lowest BCUT2D eigenvalue weighted by Crippen LogP contribution is -2.31. The highest BCUT2D eigenvalue weighted by atomic mass is 16.6. The standard InChI is InChI=1S/C10H20N2O3/c11-10(14)7-15-12-6-9(13)5-8-3-1-2-4-8/h8-9,12-13H,1-7H2,(H2,11,14). The number of aliphatic hydroxyl groups is 1. The number of nitrogens with two attached hydrogens (primary N) is 1. The first-order chi connectivity index (χ1) is 7.18. The lowest BCUT2D eigenvalue weighted by molar-refractivity contribution is -0.125. The van der Waals surface area contributed by atoms with Crippen molar-refractivity contribution < 1.29 is 14.7 Å². The molecule has 1 rings (SSSR count). The van der Waals surface area contributed by atoms with Crippen molar-refractivity contribution in [1.82, 2.24) is 5.48 Å². The fraction of sp³-hybridized carbons (Fsp3) is 0.900. The summed E-state index contributed by atoms with van der Waals surface area (Å²) >= 11 is 0. The van der Waals surface area contributed by atoms with Crippen LogP contribution in [0.5, 0.6) is 0 Å². The number of aliphatic hydroxyl groups excluding tert-OH is 1. The number of hydroxylamine groups is 1. The molecule has 1 atom stereocenters. The molecule has 0 saturated heterocycles. The van der Waals surface area contributed by atoms with E-state index in [2.05, 4.69) is 5.48 Å². The minimum absolute atomic E-state index is 0.157. The van der Waals surface area contributed by atoms with E-state index in [1.165, 1.54) is 25.7 Å². The Hall–Kier alpha value is -0.650. The number of carbonyl (C=O) groups is 1. The summed E-state index contributed by atoms with van der Waals surface area (Å²) in [6.07, 6.45) is 5.41. The molecule has 88 valence electrons. The van der Waals surface area contributed by atoms with Gasteiger partial charge < -0.3 is 10.8 Å². The quantitative estimate of drug-likeness (QED) is 0.411. The Morgan fingerprint density at radius 1 is 1.53 bits per heavy atom. The van der Waals surface area contributed by atoms with Gasteiger partial charge in [0.05, 0.1) is 6.10 Å². The first kappa shape index (κ1) is 12.4. The van der Waals surface area contributed by atoms with Crippen LogP contribution in [0.1, 0.15) is 32.1 Å². The van der Waals surface area contributed by atoms with E-state index in [4.69, 9.17) is 10.6 Å². The zero-order valence-corrected chi connectivity index (χ0v) is 8.95. The number of rotatable bonds is 7. The van der Waals surface area contributed by atoms with Crippen molar-refractivity contribution in [1.29, 1.82) is 0 Å². The van der Waals surface area contributed by atoms with Crippen LogP contribution in [0.25, 0.3) is 0 Å². The van der Waals surface area contributed by atoms with E-state index < -0.39 is 12.0 Å². The fourth-order valence-corrected chi connectivity index (χ4v) is 1.99. The Bertz CT molecular complexity index is 193. The summed E-state index contributed by atoms with van der Waals surface area (Å²) < 4.78 is 0. The third-order valence-electron chi connectivity index (χ3n) is 2.72. The van der Waals surface area contributed by atoms with Gasteiger partial charge in [0.25, 0.3) is 0 Å². The smallest absolute Gasteiger partial charge is 0.245 e. The molecule has 1 fully saturated rings. The van der Waals surface area contributed by atoms with Crippen molar-refractivity contribution in [3.05, 3.63) is 0 Å². The van der Waals surface area contributed by atoms with Gasteiger partial charge in [-0.2, -0.15) is 5.48 Å². The second-order valence-electron chi connectivity index (χ2n) is 4.14. The number of hydrogen-bond acceptors (Lipinski definition) is 4. The molecule has 0 heterocycles. The monoisotopic (exact) mass is 216 g/mol. The van der Waals surface area contributed by atoms with Crippen molar-refractivity contribution in [2.45, 2.75) is 38.2 Å². The van der Waals surface area contributed by atoms with Gasteiger partial charge in [-0.25, -0.2) is 0 Å². The normalized spacial score (nSPS) is 19.3. The van der Waals surface area contributed by atoms with Gasteiger partial charge >= 0.3 is 0 Å². The van der Waals surface area contributed by atoms with Crippen LogP contribution in [0.15, 0.2) is 0 Å². The van der Waals surface area contributed by atoms with Crippen LogP contribution in [0, 0.1) is 5.92 Å². The third kappa shape index (κ3) is 5.71. The maximum atomic E-state index is 10.3. The Morgan fingerprint density at radius 3 is 2.80 bits per heavy atom. The predicted octanol–water partition coefficient (Wildman–Crippen LogP) is -0.0659. The van der Waals surface area contributed by atoms with Crippen LogP contribution in [0.3, 0.4) is 0 Å². The van der Waals surface area contributed by atoms with Crippen molar-refractivity contribution in [2.24, 2.45) is 11.7 Å². The Morgan fingerprint density at radius 2 is 2.20 bits per heavy atom. The average molecular weight is 216 g/mol. The van der Waals surface area contributed by atoms with Crippen LogP contribution in [0.4, 0.5) is 0 Å². The van der Waals surface area contributed by atoms with E-state index in [0.29, 0.717) is 12.5 Å². The first-order valence-corrected chi connectivity index (χ1v) is 5.49. The van der Waals surface area contributed by atoms with E-state index in [9.17, 15) is 9.90 Å². The maximum absolute atomic E-state index is 10.3. The molecule has 1 aliphatic carbocycles. The highest BCUT2D eigenvalue weighted by molar-refractivity contribution is 5.74. The lowest BCUT2D eigenvalue weighted by Gasteiger charge is -2.15. The van der Waals surface area contributed by atoms with E-state index in [-0.39, 0.29) is 6.61 Å². The summed E-state index contributed by atoms with van der Waals surface area (Å²) in [4.78, 5) is 15.1. The van der Waals surface area contributed by atoms with E-state index in [1.807, 2.05) is 0 Å². The largest absolute Gasteiger partial charge is 0.392 e. The van der Waals surface area contributed by atoms with Crippen molar-refractivity contribution in [3.8, 4) is 0 Å². The van der Waals surface area contributed by atoms with Gasteiger partial charge in [0.1, 0.15) is 6.61 Å². The molecule has 0 bridgehead atoms. The molecule has 15 heavy (non-hydrogen) atoms. The van der Waals surface area contributed by atoms with Crippen LogP contribution in [-0.2, 0) is 9.63 Å². The second kappa shape index (κ2) is 6.76. The molecule has 0 radical (unpaired) electrons. The van der Waals surface area contributed by atoms with Crippen LogP contribution in [0.2, 0.25) is 0 Å². The number of hydrogen-bond donors (Lipinski definition) is 3. The maximum Gasteiger partial charge on any atom is 0.245 e. The van der Waals surface area contributed by atoms with Gasteiger partial charge in [-0.3, -0.25) is 9.63 Å². The minimum atomic E-state index is -0.521. The molecular weight excluding hydrogens is 196 g/mol. The molecule has 1 saturated carbocycles. The molecule has 1 amide bonds. The van der Waals surface area contributed by atoms with Gasteiger partial charge in [0.15, 0.2) is 0 Å². The molecule has 5 nitrogen and oxygen atoms in total. The molecule has 5 heteroatoms. The summed E-state index contributed by atoms with van der Waals surface area (Å²) in [6.45, 7) is 0.194. The van der Waals surface area contributed by atoms with Crippen LogP contribution < -0.4 is 11.2 Å². The second-order valence-corrected chi connectivity index (χ2v) is 4.14. The number of nitrogens with one attached hydrogen (secondary N) is 1. The Balaban J connectivity index is 1.97. The molecule has 0 aromatic heterocycles. The van der Waals surface area contributed by atoms with E-state index in [1.54, 1.807) is 0 Å². The summed E-state index contributed by atoms with van der Waals surface area (Å²) in [5.41, 5.74) is 7.41. The lowest BCUT2D eigenvalue weighted by atomic mass is 10.0. The minimum Gasteiger partial charge on any atom is -0.392 e. The van der Waals surface area contributed by atoms with Crippen LogP contribution >= 0.6 is 0 Å². The molecule has 1 unspecified atom stereocenters.